The first-order chi connectivity index (χ1) is 11.9. The average molecular weight is 384 g/mol. The minimum Gasteiger partial charge on any atom is -0.493 e. The van der Waals surface area contributed by atoms with Crippen LogP contribution in [0.3, 0.4) is 0 Å². The number of likely N-dealkylation sites (N-methyl/N-ethyl adjacent to an activating group) is 1. The van der Waals surface area contributed by atoms with Crippen molar-refractivity contribution in [3.63, 3.8) is 0 Å². The third kappa shape index (κ3) is 5.53. The largest absolute Gasteiger partial charge is 0.493 e. The molecule has 0 aliphatic heterocycles. The fourth-order valence-electron chi connectivity index (χ4n) is 2.45. The highest BCUT2D eigenvalue weighted by molar-refractivity contribution is 6.42. The Bertz CT molecular complexity index is 753. The van der Waals surface area contributed by atoms with E-state index in [4.69, 9.17) is 32.7 Å². The zero-order valence-electron chi connectivity index (χ0n) is 14.4. The molecule has 0 aromatic heterocycles. The van der Waals surface area contributed by atoms with Crippen LogP contribution in [0.1, 0.15) is 5.56 Å². The Balaban J connectivity index is 1.94. The third-order valence-corrected chi connectivity index (χ3v) is 4.36. The first-order valence-corrected chi connectivity index (χ1v) is 8.45. The van der Waals surface area contributed by atoms with Crippen molar-refractivity contribution in [1.29, 1.82) is 0 Å². The molecule has 0 saturated heterocycles. The van der Waals surface area contributed by atoms with Crippen LogP contribution in [-0.4, -0.2) is 33.7 Å². The van der Waals surface area contributed by atoms with Gasteiger partial charge in [-0.15, -0.1) is 0 Å². The number of carbonyl (C=O) groups is 1. The van der Waals surface area contributed by atoms with Crippen LogP contribution < -0.4 is 19.7 Å². The predicted molar refractivity (Wildman–Crippen MR) is 100 cm³/mol. The van der Waals surface area contributed by atoms with Crippen molar-refractivity contribution in [3.8, 4) is 11.5 Å². The first-order valence-electron chi connectivity index (χ1n) is 7.70. The molecule has 0 bridgehead atoms. The molecule has 7 heteroatoms. The molecule has 2 aromatic carbocycles. The number of ether oxygens (including phenoxy) is 2. The SMILES string of the molecule is COc1ccc(NC(=O)C[NH+](C)Cc2ccc(Cl)c(Cl)c2)cc1OC. The highest BCUT2D eigenvalue weighted by Crippen LogP contribution is 2.29. The van der Waals surface area contributed by atoms with Crippen molar-refractivity contribution in [2.24, 2.45) is 0 Å². The zero-order valence-corrected chi connectivity index (χ0v) is 15.9. The molecular weight excluding hydrogens is 363 g/mol. The molecule has 0 aliphatic rings. The van der Waals surface area contributed by atoms with Gasteiger partial charge in [0, 0.05) is 17.3 Å². The van der Waals surface area contributed by atoms with Gasteiger partial charge in [-0.1, -0.05) is 29.3 Å². The second-order valence-corrected chi connectivity index (χ2v) is 6.49. The smallest absolute Gasteiger partial charge is 0.279 e. The van der Waals surface area contributed by atoms with E-state index >= 15 is 0 Å². The number of amides is 1. The zero-order chi connectivity index (χ0) is 18.4. The molecular formula is C18H21Cl2N2O3+. The minimum atomic E-state index is -0.0928. The van der Waals surface area contributed by atoms with Crippen LogP contribution in [0, 0.1) is 0 Å². The van der Waals surface area contributed by atoms with E-state index in [1.165, 1.54) is 0 Å². The van der Waals surface area contributed by atoms with E-state index < -0.39 is 0 Å². The van der Waals surface area contributed by atoms with Crippen molar-refractivity contribution in [1.82, 2.24) is 0 Å². The Hall–Kier alpha value is -1.95. The van der Waals surface area contributed by atoms with Gasteiger partial charge >= 0.3 is 0 Å². The number of anilines is 1. The number of benzene rings is 2. The van der Waals surface area contributed by atoms with Crippen molar-refractivity contribution in [2.45, 2.75) is 6.54 Å². The van der Waals surface area contributed by atoms with Crippen LogP contribution in [0.15, 0.2) is 36.4 Å². The lowest BCUT2D eigenvalue weighted by Crippen LogP contribution is -3.08. The molecule has 1 unspecified atom stereocenters. The molecule has 0 saturated carbocycles. The van der Waals surface area contributed by atoms with E-state index in [2.05, 4.69) is 5.32 Å². The first kappa shape index (κ1) is 19.4. The topological polar surface area (TPSA) is 52.0 Å². The van der Waals surface area contributed by atoms with Gasteiger partial charge in [-0.05, 0) is 24.3 Å². The molecule has 0 heterocycles. The molecule has 0 spiro atoms. The Morgan fingerprint density at radius 3 is 2.40 bits per heavy atom. The fourth-order valence-corrected chi connectivity index (χ4v) is 2.77. The molecule has 1 amide bonds. The summed E-state index contributed by atoms with van der Waals surface area (Å²) in [6.45, 7) is 0.977. The van der Waals surface area contributed by atoms with Crippen LogP contribution in [-0.2, 0) is 11.3 Å². The number of quaternary nitrogens is 1. The molecule has 25 heavy (non-hydrogen) atoms. The van der Waals surface area contributed by atoms with Gasteiger partial charge in [0.05, 0.1) is 31.3 Å². The Labute approximate surface area is 157 Å². The molecule has 2 N–H and O–H groups in total. The van der Waals surface area contributed by atoms with E-state index in [1.807, 2.05) is 19.2 Å². The minimum absolute atomic E-state index is 0.0928. The second-order valence-electron chi connectivity index (χ2n) is 5.68. The van der Waals surface area contributed by atoms with Gasteiger partial charge in [0.2, 0.25) is 0 Å². The van der Waals surface area contributed by atoms with Crippen molar-refractivity contribution in [3.05, 3.63) is 52.0 Å². The summed E-state index contributed by atoms with van der Waals surface area (Å²) >= 11 is 11.9. The van der Waals surface area contributed by atoms with E-state index in [1.54, 1.807) is 38.5 Å². The number of hydrogen-bond donors (Lipinski definition) is 2. The molecule has 0 radical (unpaired) electrons. The maximum Gasteiger partial charge on any atom is 0.279 e. The maximum absolute atomic E-state index is 12.2. The standard InChI is InChI=1S/C18H20Cl2N2O3/c1-22(10-12-4-6-14(19)15(20)8-12)11-18(23)21-13-5-7-16(24-2)17(9-13)25-3/h4-9H,10-11H2,1-3H3,(H,21,23)/p+1. The molecule has 2 aromatic rings. The quantitative estimate of drug-likeness (QED) is 0.772. The molecule has 1 atom stereocenters. The van der Waals surface area contributed by atoms with Gasteiger partial charge < -0.3 is 19.7 Å². The number of carbonyl (C=O) groups excluding carboxylic acids is 1. The molecule has 2 rings (SSSR count). The number of halogens is 2. The van der Waals surface area contributed by atoms with Crippen LogP contribution in [0.5, 0.6) is 11.5 Å². The second kappa shape index (κ2) is 8.94. The van der Waals surface area contributed by atoms with Crippen molar-refractivity contribution >= 4 is 34.8 Å². The summed E-state index contributed by atoms with van der Waals surface area (Å²) in [5.74, 6) is 1.09. The van der Waals surface area contributed by atoms with Crippen molar-refractivity contribution < 1.29 is 19.2 Å². The molecule has 0 fully saturated rings. The summed E-state index contributed by atoms with van der Waals surface area (Å²) in [4.78, 5) is 13.3. The van der Waals surface area contributed by atoms with Crippen LogP contribution >= 0.6 is 23.2 Å². The highest BCUT2D eigenvalue weighted by Gasteiger charge is 2.13. The van der Waals surface area contributed by atoms with Gasteiger partial charge in [-0.3, -0.25) is 4.79 Å². The fraction of sp³-hybridized carbons (Fsp3) is 0.278. The highest BCUT2D eigenvalue weighted by atomic mass is 35.5. The summed E-state index contributed by atoms with van der Waals surface area (Å²) in [7, 11) is 5.06. The monoisotopic (exact) mass is 383 g/mol. The number of methoxy groups -OCH3 is 2. The van der Waals surface area contributed by atoms with Crippen LogP contribution in [0.2, 0.25) is 10.0 Å². The lowest BCUT2D eigenvalue weighted by molar-refractivity contribution is -0.885. The van der Waals surface area contributed by atoms with E-state index in [0.717, 1.165) is 10.5 Å². The normalized spacial score (nSPS) is 11.7. The molecule has 134 valence electrons. The third-order valence-electron chi connectivity index (χ3n) is 3.62. The van der Waals surface area contributed by atoms with E-state index in [0.29, 0.717) is 40.3 Å². The van der Waals surface area contributed by atoms with Gasteiger partial charge in [0.25, 0.3) is 5.91 Å². The lowest BCUT2D eigenvalue weighted by Gasteiger charge is -2.15. The Kier molecular flexibility index (Phi) is 6.93. The summed E-state index contributed by atoms with van der Waals surface area (Å²) in [6.07, 6.45) is 0. The van der Waals surface area contributed by atoms with Gasteiger partial charge in [-0.2, -0.15) is 0 Å². The maximum atomic E-state index is 12.2. The van der Waals surface area contributed by atoms with Gasteiger partial charge in [-0.25, -0.2) is 0 Å². The number of hydrogen-bond acceptors (Lipinski definition) is 3. The van der Waals surface area contributed by atoms with E-state index in [-0.39, 0.29) is 5.91 Å². The van der Waals surface area contributed by atoms with Crippen molar-refractivity contribution in [2.75, 3.05) is 33.1 Å². The summed E-state index contributed by atoms with van der Waals surface area (Å²) in [5, 5.41) is 3.90. The van der Waals surface area contributed by atoms with E-state index in [9.17, 15) is 4.79 Å². The summed E-state index contributed by atoms with van der Waals surface area (Å²) in [5.41, 5.74) is 1.68. The Morgan fingerprint density at radius 1 is 1.04 bits per heavy atom. The van der Waals surface area contributed by atoms with Crippen LogP contribution in [0.25, 0.3) is 0 Å². The summed E-state index contributed by atoms with van der Waals surface area (Å²) < 4.78 is 10.4. The summed E-state index contributed by atoms with van der Waals surface area (Å²) in [6, 6.07) is 10.7. The molecule has 5 nitrogen and oxygen atoms in total. The van der Waals surface area contributed by atoms with Gasteiger partial charge in [0.15, 0.2) is 18.0 Å². The molecule has 0 aliphatic carbocycles. The average Bonchev–Trinajstić information content (AvgIpc) is 2.57. The predicted octanol–water partition coefficient (Wildman–Crippen LogP) is 2.66. The number of rotatable bonds is 7. The number of nitrogens with one attached hydrogen (secondary N) is 2. The van der Waals surface area contributed by atoms with Crippen LogP contribution in [0.4, 0.5) is 5.69 Å². The lowest BCUT2D eigenvalue weighted by atomic mass is 10.2. The Morgan fingerprint density at radius 2 is 1.76 bits per heavy atom. The van der Waals surface area contributed by atoms with Gasteiger partial charge in [0.1, 0.15) is 6.54 Å².